The lowest BCUT2D eigenvalue weighted by atomic mass is 10.1. The number of fused-ring (bicyclic) bond motifs is 1. The summed E-state index contributed by atoms with van der Waals surface area (Å²) in [4.78, 5) is 30.1. The van der Waals surface area contributed by atoms with Gasteiger partial charge in [-0.2, -0.15) is 0 Å². The Hall–Kier alpha value is -2.38. The van der Waals surface area contributed by atoms with Crippen LogP contribution in [0.15, 0.2) is 52.3 Å². The molecule has 1 N–H and O–H groups in total. The summed E-state index contributed by atoms with van der Waals surface area (Å²) in [6, 6.07) is 7.69. The Morgan fingerprint density at radius 1 is 1.35 bits per heavy atom. The molecule has 2 aromatic heterocycles. The summed E-state index contributed by atoms with van der Waals surface area (Å²) in [5, 5.41) is 5.87. The zero-order valence-electron chi connectivity index (χ0n) is 14.6. The van der Waals surface area contributed by atoms with E-state index in [1.165, 1.54) is 23.1 Å². The molecule has 0 fully saturated rings. The van der Waals surface area contributed by atoms with Crippen molar-refractivity contribution in [3.05, 3.63) is 63.8 Å². The Labute approximate surface area is 159 Å². The second kappa shape index (κ2) is 7.88. The Bertz CT molecular complexity index is 1020. The molecule has 7 heteroatoms. The summed E-state index contributed by atoms with van der Waals surface area (Å²) in [5.74, 6) is 0.0404. The van der Waals surface area contributed by atoms with E-state index in [0.29, 0.717) is 21.9 Å². The molecule has 0 unspecified atom stereocenters. The maximum Gasteiger partial charge on any atom is 0.263 e. The molecule has 26 heavy (non-hydrogen) atoms. The van der Waals surface area contributed by atoms with Crippen molar-refractivity contribution in [2.24, 2.45) is 0 Å². The topological polar surface area (TPSA) is 64.0 Å². The zero-order chi connectivity index (χ0) is 18.7. The molecule has 1 aromatic carbocycles. The minimum atomic E-state index is -0.134. The van der Waals surface area contributed by atoms with Gasteiger partial charge in [0.25, 0.3) is 5.56 Å². The summed E-state index contributed by atoms with van der Waals surface area (Å²) in [6.07, 6.45) is 1.65. The molecular formula is C19H19N3O2S2. The highest BCUT2D eigenvalue weighted by molar-refractivity contribution is 7.99. The average molecular weight is 386 g/mol. The number of amides is 1. The van der Waals surface area contributed by atoms with Gasteiger partial charge in [0.15, 0.2) is 5.16 Å². The van der Waals surface area contributed by atoms with Gasteiger partial charge in [0.2, 0.25) is 5.91 Å². The highest BCUT2D eigenvalue weighted by Gasteiger charge is 2.13. The van der Waals surface area contributed by atoms with Crippen LogP contribution >= 0.6 is 23.1 Å². The van der Waals surface area contributed by atoms with Gasteiger partial charge in [0, 0.05) is 12.2 Å². The summed E-state index contributed by atoms with van der Waals surface area (Å²) in [7, 11) is 0. The number of carbonyl (C=O) groups excluding carboxylic acids is 1. The normalized spacial score (nSPS) is 10.8. The van der Waals surface area contributed by atoms with Crippen molar-refractivity contribution in [1.82, 2.24) is 9.55 Å². The van der Waals surface area contributed by atoms with Crippen molar-refractivity contribution in [3.8, 4) is 0 Å². The van der Waals surface area contributed by atoms with E-state index in [9.17, 15) is 9.59 Å². The molecule has 0 saturated carbocycles. The van der Waals surface area contributed by atoms with Crippen LogP contribution in [0.3, 0.4) is 0 Å². The average Bonchev–Trinajstić information content (AvgIpc) is 3.03. The lowest BCUT2D eigenvalue weighted by molar-refractivity contribution is -0.113. The van der Waals surface area contributed by atoms with Crippen LogP contribution in [-0.4, -0.2) is 21.2 Å². The molecule has 0 aliphatic rings. The molecule has 2 heterocycles. The van der Waals surface area contributed by atoms with Crippen LogP contribution in [-0.2, 0) is 11.3 Å². The van der Waals surface area contributed by atoms with Crippen LogP contribution in [0.2, 0.25) is 0 Å². The largest absolute Gasteiger partial charge is 0.325 e. The molecule has 0 spiro atoms. The predicted molar refractivity (Wildman–Crippen MR) is 109 cm³/mol. The van der Waals surface area contributed by atoms with Gasteiger partial charge in [0.1, 0.15) is 4.83 Å². The van der Waals surface area contributed by atoms with E-state index in [1.807, 2.05) is 31.4 Å². The van der Waals surface area contributed by atoms with Crippen molar-refractivity contribution in [1.29, 1.82) is 0 Å². The first-order valence-corrected chi connectivity index (χ1v) is 9.94. The number of thioether (sulfide) groups is 1. The number of hydrogen-bond acceptors (Lipinski definition) is 5. The van der Waals surface area contributed by atoms with Gasteiger partial charge in [-0.25, -0.2) is 4.98 Å². The van der Waals surface area contributed by atoms with E-state index in [0.717, 1.165) is 16.8 Å². The van der Waals surface area contributed by atoms with E-state index in [-0.39, 0.29) is 17.2 Å². The number of aromatic nitrogens is 2. The van der Waals surface area contributed by atoms with Crippen molar-refractivity contribution in [2.45, 2.75) is 25.5 Å². The Kier molecular flexibility index (Phi) is 5.58. The van der Waals surface area contributed by atoms with E-state index >= 15 is 0 Å². The minimum Gasteiger partial charge on any atom is -0.325 e. The molecule has 0 saturated heterocycles. The lowest BCUT2D eigenvalue weighted by Crippen LogP contribution is -2.23. The third-order valence-corrected chi connectivity index (χ3v) is 5.48. The number of thiophene rings is 1. The molecule has 5 nitrogen and oxygen atoms in total. The first-order chi connectivity index (χ1) is 12.5. The Balaban J connectivity index is 1.78. The van der Waals surface area contributed by atoms with Crippen molar-refractivity contribution >= 4 is 44.9 Å². The van der Waals surface area contributed by atoms with Gasteiger partial charge < -0.3 is 5.32 Å². The third-order valence-electron chi connectivity index (χ3n) is 3.70. The van der Waals surface area contributed by atoms with Crippen LogP contribution in [0.25, 0.3) is 10.2 Å². The molecule has 0 atom stereocenters. The number of nitrogens with zero attached hydrogens (tertiary/aromatic N) is 2. The van der Waals surface area contributed by atoms with Crippen molar-refractivity contribution in [2.75, 3.05) is 11.1 Å². The summed E-state index contributed by atoms with van der Waals surface area (Å²) < 4.78 is 1.55. The van der Waals surface area contributed by atoms with Gasteiger partial charge in [-0.05, 0) is 48.6 Å². The molecule has 0 aliphatic carbocycles. The fraction of sp³-hybridized carbons (Fsp3) is 0.211. The molecule has 0 aliphatic heterocycles. The second-order valence-electron chi connectivity index (χ2n) is 5.95. The molecule has 0 radical (unpaired) electrons. The molecule has 3 aromatic rings. The Morgan fingerprint density at radius 2 is 2.08 bits per heavy atom. The van der Waals surface area contributed by atoms with Gasteiger partial charge in [0.05, 0.1) is 11.1 Å². The van der Waals surface area contributed by atoms with Crippen LogP contribution in [0.1, 0.15) is 11.1 Å². The number of benzene rings is 1. The number of hydrogen-bond donors (Lipinski definition) is 1. The number of allylic oxidation sites excluding steroid dienone is 1. The smallest absolute Gasteiger partial charge is 0.263 e. The fourth-order valence-electron chi connectivity index (χ4n) is 2.70. The third kappa shape index (κ3) is 4.05. The van der Waals surface area contributed by atoms with Gasteiger partial charge in [-0.1, -0.05) is 23.9 Å². The standard InChI is InChI=1S/C19H19N3O2S2/c1-4-6-22-18(24)15-5-7-25-17(15)21-19(22)26-11-16(23)20-14-9-12(2)8-13(3)10-14/h4-5,7-10H,1,6,11H2,2-3H3,(H,20,23). The molecule has 134 valence electrons. The van der Waals surface area contributed by atoms with Gasteiger partial charge in [-0.15, -0.1) is 17.9 Å². The SMILES string of the molecule is C=CCn1c(SCC(=O)Nc2cc(C)cc(C)c2)nc2sccc2c1=O. The van der Waals surface area contributed by atoms with Crippen LogP contribution < -0.4 is 10.9 Å². The van der Waals surface area contributed by atoms with Crippen molar-refractivity contribution < 1.29 is 4.79 Å². The zero-order valence-corrected chi connectivity index (χ0v) is 16.2. The molecular weight excluding hydrogens is 366 g/mol. The summed E-state index contributed by atoms with van der Waals surface area (Å²) >= 11 is 2.67. The number of carbonyl (C=O) groups is 1. The number of nitrogens with one attached hydrogen (secondary N) is 1. The molecule has 1 amide bonds. The fourth-order valence-corrected chi connectivity index (χ4v) is 4.32. The van der Waals surface area contributed by atoms with E-state index < -0.39 is 0 Å². The molecule has 3 rings (SSSR count). The number of anilines is 1. The number of aryl methyl sites for hydroxylation is 2. The predicted octanol–water partition coefficient (Wildman–Crippen LogP) is 3.99. The van der Waals surface area contributed by atoms with E-state index in [4.69, 9.17) is 0 Å². The monoisotopic (exact) mass is 385 g/mol. The second-order valence-corrected chi connectivity index (χ2v) is 7.79. The summed E-state index contributed by atoms with van der Waals surface area (Å²) in [6.45, 7) is 8.04. The highest BCUT2D eigenvalue weighted by atomic mass is 32.2. The van der Waals surface area contributed by atoms with E-state index in [2.05, 4.69) is 22.9 Å². The first-order valence-electron chi connectivity index (χ1n) is 8.08. The highest BCUT2D eigenvalue weighted by Crippen LogP contribution is 2.22. The maximum atomic E-state index is 12.6. The Morgan fingerprint density at radius 3 is 2.77 bits per heavy atom. The van der Waals surface area contributed by atoms with E-state index in [1.54, 1.807) is 16.7 Å². The lowest BCUT2D eigenvalue weighted by Gasteiger charge is -2.11. The first kappa shape index (κ1) is 18.4. The molecule has 0 bridgehead atoms. The minimum absolute atomic E-state index is 0.103. The van der Waals surface area contributed by atoms with Crippen LogP contribution in [0.4, 0.5) is 5.69 Å². The van der Waals surface area contributed by atoms with Crippen molar-refractivity contribution in [3.63, 3.8) is 0 Å². The van der Waals surface area contributed by atoms with Crippen LogP contribution in [0.5, 0.6) is 0 Å². The van der Waals surface area contributed by atoms with Crippen LogP contribution in [0, 0.1) is 13.8 Å². The summed E-state index contributed by atoms with van der Waals surface area (Å²) in [5.41, 5.74) is 2.86. The quantitative estimate of drug-likeness (QED) is 0.396. The van der Waals surface area contributed by atoms with Gasteiger partial charge >= 0.3 is 0 Å². The van der Waals surface area contributed by atoms with Gasteiger partial charge in [-0.3, -0.25) is 14.2 Å². The maximum absolute atomic E-state index is 12.6. The number of rotatable bonds is 6.